The van der Waals surface area contributed by atoms with Crippen LogP contribution in [0, 0.1) is 5.92 Å². The molecule has 1 aliphatic rings. The van der Waals surface area contributed by atoms with E-state index >= 15 is 0 Å². The number of halogens is 2. The zero-order valence-corrected chi connectivity index (χ0v) is 19.6. The number of hydrogen-bond donors (Lipinski definition) is 1. The molecule has 1 aliphatic heterocycles. The van der Waals surface area contributed by atoms with E-state index in [9.17, 15) is 0 Å². The minimum atomic E-state index is 0. The van der Waals surface area contributed by atoms with Crippen LogP contribution in [0.4, 0.5) is 0 Å². The van der Waals surface area contributed by atoms with E-state index in [1.165, 1.54) is 0 Å². The summed E-state index contributed by atoms with van der Waals surface area (Å²) in [5.74, 6) is 2.26. The smallest absolute Gasteiger partial charge is 0.193 e. The maximum atomic E-state index is 5.88. The SMILES string of the molecule is CN=C(NCC(C)CN1CCOCC1)N(C)CCOc1ccc(Cl)cc1.I. The molecule has 1 fully saturated rings. The predicted molar refractivity (Wildman–Crippen MR) is 123 cm³/mol. The van der Waals surface area contributed by atoms with Gasteiger partial charge in [0.15, 0.2) is 5.96 Å². The van der Waals surface area contributed by atoms with Crippen LogP contribution < -0.4 is 10.1 Å². The van der Waals surface area contributed by atoms with Gasteiger partial charge in [-0.3, -0.25) is 9.89 Å². The fourth-order valence-electron chi connectivity index (χ4n) is 2.88. The molecule has 154 valence electrons. The molecule has 1 N–H and O–H groups in total. The first-order chi connectivity index (χ1) is 12.6. The zero-order valence-electron chi connectivity index (χ0n) is 16.5. The Morgan fingerprint density at radius 3 is 2.63 bits per heavy atom. The number of hydrogen-bond acceptors (Lipinski definition) is 4. The highest BCUT2D eigenvalue weighted by Crippen LogP contribution is 2.15. The van der Waals surface area contributed by atoms with Crippen LogP contribution in [-0.2, 0) is 4.74 Å². The van der Waals surface area contributed by atoms with Crippen molar-refractivity contribution in [1.29, 1.82) is 0 Å². The summed E-state index contributed by atoms with van der Waals surface area (Å²) >= 11 is 5.88. The third-order valence-electron chi connectivity index (χ3n) is 4.36. The van der Waals surface area contributed by atoms with E-state index in [1.807, 2.05) is 38.4 Å². The highest BCUT2D eigenvalue weighted by molar-refractivity contribution is 14.0. The zero-order chi connectivity index (χ0) is 18.8. The maximum absolute atomic E-state index is 5.88. The summed E-state index contributed by atoms with van der Waals surface area (Å²) in [4.78, 5) is 8.91. The van der Waals surface area contributed by atoms with Crippen molar-refractivity contribution in [3.05, 3.63) is 29.3 Å². The third kappa shape index (κ3) is 9.32. The first-order valence-corrected chi connectivity index (χ1v) is 9.56. The van der Waals surface area contributed by atoms with E-state index in [0.717, 1.165) is 57.6 Å². The number of benzene rings is 1. The lowest BCUT2D eigenvalue weighted by Gasteiger charge is -2.30. The number of morpholine rings is 1. The van der Waals surface area contributed by atoms with Crippen LogP contribution in [-0.4, -0.2) is 82.4 Å². The predicted octanol–water partition coefficient (Wildman–Crippen LogP) is 2.81. The van der Waals surface area contributed by atoms with Gasteiger partial charge in [0.2, 0.25) is 0 Å². The number of guanidine groups is 1. The van der Waals surface area contributed by atoms with Gasteiger partial charge in [0, 0.05) is 45.3 Å². The number of likely N-dealkylation sites (N-methyl/N-ethyl adjacent to an activating group) is 1. The van der Waals surface area contributed by atoms with Crippen LogP contribution >= 0.6 is 35.6 Å². The molecule has 0 saturated carbocycles. The molecule has 0 bridgehead atoms. The molecule has 0 aromatic heterocycles. The molecule has 1 heterocycles. The van der Waals surface area contributed by atoms with Crippen molar-refractivity contribution in [1.82, 2.24) is 15.1 Å². The van der Waals surface area contributed by atoms with Gasteiger partial charge >= 0.3 is 0 Å². The Kier molecular flexibility index (Phi) is 12.1. The fraction of sp³-hybridized carbons (Fsp3) is 0.632. The fourth-order valence-corrected chi connectivity index (χ4v) is 3.00. The Bertz CT molecular complexity index is 553. The van der Waals surface area contributed by atoms with E-state index in [2.05, 4.69) is 27.0 Å². The van der Waals surface area contributed by atoms with Crippen LogP contribution in [0.15, 0.2) is 29.3 Å². The maximum Gasteiger partial charge on any atom is 0.193 e. The van der Waals surface area contributed by atoms with Crippen molar-refractivity contribution in [3.8, 4) is 5.75 Å². The standard InChI is InChI=1S/C19H31ClN4O2.HI/c1-16(15-24-9-11-25-12-10-24)14-22-19(21-2)23(3)8-13-26-18-6-4-17(20)5-7-18;/h4-7,16H,8-15H2,1-3H3,(H,21,22);1H. The van der Waals surface area contributed by atoms with Gasteiger partial charge in [-0.2, -0.15) is 0 Å². The summed E-state index contributed by atoms with van der Waals surface area (Å²) < 4.78 is 11.2. The number of ether oxygens (including phenoxy) is 2. The molecular formula is C19H32ClIN4O2. The Morgan fingerprint density at radius 2 is 2.00 bits per heavy atom. The average Bonchev–Trinajstić information content (AvgIpc) is 2.64. The van der Waals surface area contributed by atoms with Gasteiger partial charge in [-0.25, -0.2) is 0 Å². The molecular weight excluding hydrogens is 479 g/mol. The number of aliphatic imine (C=N–C) groups is 1. The van der Waals surface area contributed by atoms with Crippen molar-refractivity contribution in [3.63, 3.8) is 0 Å². The van der Waals surface area contributed by atoms with Crippen molar-refractivity contribution in [2.24, 2.45) is 10.9 Å². The van der Waals surface area contributed by atoms with Gasteiger partial charge in [0.25, 0.3) is 0 Å². The van der Waals surface area contributed by atoms with Crippen molar-refractivity contribution >= 4 is 41.5 Å². The molecule has 0 radical (unpaired) electrons. The van der Waals surface area contributed by atoms with Gasteiger partial charge in [-0.05, 0) is 30.2 Å². The van der Waals surface area contributed by atoms with Crippen molar-refractivity contribution < 1.29 is 9.47 Å². The molecule has 1 unspecified atom stereocenters. The molecule has 0 amide bonds. The lowest BCUT2D eigenvalue weighted by Crippen LogP contribution is -2.45. The van der Waals surface area contributed by atoms with Gasteiger partial charge in [0.05, 0.1) is 19.8 Å². The summed E-state index contributed by atoms with van der Waals surface area (Å²) in [5.41, 5.74) is 0. The highest BCUT2D eigenvalue weighted by atomic mass is 127. The Morgan fingerprint density at radius 1 is 1.33 bits per heavy atom. The van der Waals surface area contributed by atoms with E-state index in [1.54, 1.807) is 0 Å². The molecule has 27 heavy (non-hydrogen) atoms. The van der Waals surface area contributed by atoms with E-state index < -0.39 is 0 Å². The molecule has 2 rings (SSSR count). The first kappa shape index (κ1) is 24.3. The minimum Gasteiger partial charge on any atom is -0.492 e. The van der Waals surface area contributed by atoms with Gasteiger partial charge in [-0.15, -0.1) is 24.0 Å². The quantitative estimate of drug-likeness (QED) is 0.331. The van der Waals surface area contributed by atoms with E-state index in [0.29, 0.717) is 17.5 Å². The lowest BCUT2D eigenvalue weighted by atomic mass is 10.1. The summed E-state index contributed by atoms with van der Waals surface area (Å²) in [6.45, 7) is 9.32. The average molecular weight is 511 g/mol. The van der Waals surface area contributed by atoms with Gasteiger partial charge in [0.1, 0.15) is 12.4 Å². The van der Waals surface area contributed by atoms with Crippen molar-refractivity contribution in [2.45, 2.75) is 6.92 Å². The Labute approximate surface area is 185 Å². The topological polar surface area (TPSA) is 49.3 Å². The first-order valence-electron chi connectivity index (χ1n) is 9.18. The van der Waals surface area contributed by atoms with Crippen LogP contribution in [0.2, 0.25) is 5.02 Å². The number of rotatable bonds is 8. The third-order valence-corrected chi connectivity index (χ3v) is 4.62. The number of nitrogens with zero attached hydrogens (tertiary/aromatic N) is 3. The molecule has 1 atom stereocenters. The summed E-state index contributed by atoms with van der Waals surface area (Å²) in [6.07, 6.45) is 0. The Balaban J connectivity index is 0.00000364. The van der Waals surface area contributed by atoms with Gasteiger partial charge in [-0.1, -0.05) is 18.5 Å². The van der Waals surface area contributed by atoms with E-state index in [4.69, 9.17) is 21.1 Å². The molecule has 0 spiro atoms. The largest absolute Gasteiger partial charge is 0.492 e. The number of nitrogens with one attached hydrogen (secondary N) is 1. The summed E-state index contributed by atoms with van der Waals surface area (Å²) in [6, 6.07) is 7.42. The second-order valence-corrected chi connectivity index (χ2v) is 7.11. The van der Waals surface area contributed by atoms with E-state index in [-0.39, 0.29) is 24.0 Å². The molecule has 1 saturated heterocycles. The second-order valence-electron chi connectivity index (χ2n) is 6.67. The van der Waals surface area contributed by atoms with Crippen LogP contribution in [0.1, 0.15) is 6.92 Å². The van der Waals surface area contributed by atoms with Crippen LogP contribution in [0.25, 0.3) is 0 Å². The highest BCUT2D eigenvalue weighted by Gasteiger charge is 2.14. The van der Waals surface area contributed by atoms with Crippen LogP contribution in [0.5, 0.6) is 5.75 Å². The molecule has 0 aliphatic carbocycles. The van der Waals surface area contributed by atoms with Crippen molar-refractivity contribution in [2.75, 3.05) is 66.6 Å². The van der Waals surface area contributed by atoms with Crippen LogP contribution in [0.3, 0.4) is 0 Å². The summed E-state index contributed by atoms with van der Waals surface area (Å²) in [5, 5.41) is 4.17. The lowest BCUT2D eigenvalue weighted by molar-refractivity contribution is 0.0320. The molecule has 6 nitrogen and oxygen atoms in total. The second kappa shape index (κ2) is 13.4. The summed E-state index contributed by atoms with van der Waals surface area (Å²) in [7, 11) is 3.83. The monoisotopic (exact) mass is 510 g/mol. The molecule has 8 heteroatoms. The molecule has 1 aromatic carbocycles. The Hall–Kier alpha value is -0.770. The normalized spacial score (nSPS) is 16.4. The van der Waals surface area contributed by atoms with Gasteiger partial charge < -0.3 is 19.7 Å². The molecule has 1 aromatic rings. The minimum absolute atomic E-state index is 0.